The fourth-order valence-corrected chi connectivity index (χ4v) is 2.54. The lowest BCUT2D eigenvalue weighted by atomic mass is 9.78. The minimum Gasteiger partial charge on any atom is -0.300 e. The number of rotatable bonds is 5. The molecule has 0 spiro atoms. The number of hydrogen-bond acceptors (Lipinski definition) is 3. The van der Waals surface area contributed by atoms with Crippen LogP contribution in [0.5, 0.6) is 0 Å². The van der Waals surface area contributed by atoms with Gasteiger partial charge in [-0.15, -0.1) is 0 Å². The minimum atomic E-state index is -0.383. The Balaban J connectivity index is 3.36. The summed E-state index contributed by atoms with van der Waals surface area (Å²) in [5.74, 6) is -0.323. The fraction of sp³-hybridized carbons (Fsp3) is 0.500. The maximum absolute atomic E-state index is 12.0. The number of ketones is 2. The van der Waals surface area contributed by atoms with Crippen molar-refractivity contribution in [1.82, 2.24) is 0 Å². The van der Waals surface area contributed by atoms with E-state index in [1.54, 1.807) is 0 Å². The van der Waals surface area contributed by atoms with E-state index in [-0.39, 0.29) is 22.9 Å². The van der Waals surface area contributed by atoms with Gasteiger partial charge in [-0.25, -0.2) is 0 Å². The van der Waals surface area contributed by atoms with Gasteiger partial charge in [0.15, 0.2) is 0 Å². The highest BCUT2D eigenvalue weighted by atomic mass is 16.1. The number of benzene rings is 1. The van der Waals surface area contributed by atoms with Crippen molar-refractivity contribution < 1.29 is 9.59 Å². The van der Waals surface area contributed by atoms with E-state index in [2.05, 4.69) is 6.07 Å². The molecular weight excluding hydrogens is 262 g/mol. The Hall–Kier alpha value is -1.95. The monoisotopic (exact) mass is 285 g/mol. The van der Waals surface area contributed by atoms with E-state index < -0.39 is 0 Å². The summed E-state index contributed by atoms with van der Waals surface area (Å²) < 4.78 is 0. The van der Waals surface area contributed by atoms with Gasteiger partial charge < -0.3 is 4.79 Å². The molecule has 0 aliphatic rings. The second-order valence-electron chi connectivity index (χ2n) is 6.54. The van der Waals surface area contributed by atoms with Gasteiger partial charge >= 0.3 is 0 Å². The molecule has 1 unspecified atom stereocenters. The molecule has 0 aliphatic carbocycles. The third kappa shape index (κ3) is 4.26. The van der Waals surface area contributed by atoms with Gasteiger partial charge in [0, 0.05) is 12.3 Å². The van der Waals surface area contributed by atoms with Crippen LogP contribution in [0.3, 0.4) is 0 Å². The first-order chi connectivity index (χ1) is 9.68. The average Bonchev–Trinajstić information content (AvgIpc) is 2.36. The Bertz CT molecular complexity index is 588. The summed E-state index contributed by atoms with van der Waals surface area (Å²) in [4.78, 5) is 23.2. The molecule has 0 heterocycles. The number of carbonyl (C=O) groups is 2. The largest absolute Gasteiger partial charge is 0.300 e. The molecule has 0 radical (unpaired) electrons. The fourth-order valence-electron chi connectivity index (χ4n) is 2.54. The lowest BCUT2D eigenvalue weighted by Gasteiger charge is -2.24. The zero-order valence-electron chi connectivity index (χ0n) is 13.5. The molecule has 1 atom stereocenters. The molecule has 3 heteroatoms. The molecule has 0 N–H and O–H groups in total. The van der Waals surface area contributed by atoms with Gasteiger partial charge in [-0.1, -0.05) is 39.0 Å². The van der Waals surface area contributed by atoms with Crippen LogP contribution in [-0.2, 0) is 15.0 Å². The molecule has 0 fully saturated rings. The van der Waals surface area contributed by atoms with Gasteiger partial charge in [0.05, 0.1) is 11.6 Å². The predicted octanol–water partition coefficient (Wildman–Crippen LogP) is 3.90. The van der Waals surface area contributed by atoms with Crippen LogP contribution in [0.2, 0.25) is 0 Å². The van der Waals surface area contributed by atoms with Gasteiger partial charge in [0.1, 0.15) is 11.6 Å². The summed E-state index contributed by atoms with van der Waals surface area (Å²) in [5.41, 5.74) is 2.10. The Morgan fingerprint density at radius 3 is 2.29 bits per heavy atom. The Kier molecular flexibility index (Phi) is 5.43. The first-order valence-corrected chi connectivity index (χ1v) is 7.22. The van der Waals surface area contributed by atoms with Crippen molar-refractivity contribution in [2.45, 2.75) is 58.8 Å². The highest BCUT2D eigenvalue weighted by Gasteiger charge is 2.25. The van der Waals surface area contributed by atoms with Gasteiger partial charge in [-0.2, -0.15) is 5.26 Å². The summed E-state index contributed by atoms with van der Waals surface area (Å²) >= 11 is 0. The van der Waals surface area contributed by atoms with E-state index in [0.717, 1.165) is 11.1 Å². The molecule has 112 valence electrons. The van der Waals surface area contributed by atoms with Crippen LogP contribution in [0.15, 0.2) is 18.2 Å². The quantitative estimate of drug-likeness (QED) is 0.824. The SMILES string of the molecule is CC(=O)CCC(C(C)=O)c1cccc(C(C)(C)C)c1C#N. The standard InChI is InChI=1S/C18H23NO2/c1-12(20)9-10-14(13(2)21)15-7-6-8-17(16(15)11-19)18(3,4)5/h6-8,14H,9-10H2,1-5H3. The average molecular weight is 285 g/mol. The number of Topliss-reactive ketones (excluding diaryl/α,β-unsaturated/α-hetero) is 2. The van der Waals surface area contributed by atoms with Crippen molar-refractivity contribution in [3.63, 3.8) is 0 Å². The molecule has 3 nitrogen and oxygen atoms in total. The van der Waals surface area contributed by atoms with E-state index >= 15 is 0 Å². The predicted molar refractivity (Wildman–Crippen MR) is 83.2 cm³/mol. The summed E-state index contributed by atoms with van der Waals surface area (Å²) in [7, 11) is 0. The number of carbonyl (C=O) groups excluding carboxylic acids is 2. The summed E-state index contributed by atoms with van der Waals surface area (Å²) in [6.45, 7) is 9.19. The second-order valence-corrected chi connectivity index (χ2v) is 6.54. The molecule has 0 saturated carbocycles. The van der Waals surface area contributed by atoms with Crippen LogP contribution in [0.1, 0.15) is 70.1 Å². The molecule has 0 bridgehead atoms. The van der Waals surface area contributed by atoms with Crippen molar-refractivity contribution in [1.29, 1.82) is 5.26 Å². The summed E-state index contributed by atoms with van der Waals surface area (Å²) in [6.07, 6.45) is 0.821. The lowest BCUT2D eigenvalue weighted by Crippen LogP contribution is -2.18. The number of hydrogen-bond donors (Lipinski definition) is 0. The van der Waals surface area contributed by atoms with Crippen molar-refractivity contribution in [3.8, 4) is 6.07 Å². The molecule has 0 amide bonds. The van der Waals surface area contributed by atoms with E-state index in [9.17, 15) is 14.9 Å². The molecule has 1 rings (SSSR count). The molecule has 0 saturated heterocycles. The van der Waals surface area contributed by atoms with Crippen LogP contribution in [-0.4, -0.2) is 11.6 Å². The van der Waals surface area contributed by atoms with Crippen molar-refractivity contribution in [3.05, 3.63) is 34.9 Å². The van der Waals surface area contributed by atoms with E-state index in [4.69, 9.17) is 0 Å². The molecular formula is C18H23NO2. The number of nitrogens with zero attached hydrogens (tertiary/aromatic N) is 1. The molecule has 21 heavy (non-hydrogen) atoms. The third-order valence-electron chi connectivity index (χ3n) is 3.67. The van der Waals surface area contributed by atoms with Crippen LogP contribution >= 0.6 is 0 Å². The van der Waals surface area contributed by atoms with Crippen molar-refractivity contribution in [2.75, 3.05) is 0 Å². The maximum atomic E-state index is 12.0. The van der Waals surface area contributed by atoms with Crippen molar-refractivity contribution >= 4 is 11.6 Å². The van der Waals surface area contributed by atoms with Gasteiger partial charge in [-0.3, -0.25) is 4.79 Å². The molecule has 1 aromatic rings. The zero-order chi connectivity index (χ0) is 16.2. The van der Waals surface area contributed by atoms with Gasteiger partial charge in [0.2, 0.25) is 0 Å². The van der Waals surface area contributed by atoms with Crippen LogP contribution in [0.4, 0.5) is 0 Å². The van der Waals surface area contributed by atoms with E-state index in [0.29, 0.717) is 18.4 Å². The second kappa shape index (κ2) is 6.67. The smallest absolute Gasteiger partial charge is 0.137 e. The van der Waals surface area contributed by atoms with E-state index in [1.165, 1.54) is 13.8 Å². The normalized spacial score (nSPS) is 12.6. The van der Waals surface area contributed by atoms with E-state index in [1.807, 2.05) is 39.0 Å². The highest BCUT2D eigenvalue weighted by molar-refractivity contribution is 5.85. The lowest BCUT2D eigenvalue weighted by molar-refractivity contribution is -0.119. The Morgan fingerprint density at radius 1 is 1.24 bits per heavy atom. The number of nitriles is 1. The Labute approximate surface area is 127 Å². The minimum absolute atomic E-state index is 0.00110. The van der Waals surface area contributed by atoms with Crippen LogP contribution in [0, 0.1) is 11.3 Å². The first-order valence-electron chi connectivity index (χ1n) is 7.22. The first kappa shape index (κ1) is 17.1. The zero-order valence-corrected chi connectivity index (χ0v) is 13.5. The summed E-state index contributed by atoms with van der Waals surface area (Å²) in [5, 5.41) is 9.54. The van der Waals surface area contributed by atoms with Crippen molar-refractivity contribution in [2.24, 2.45) is 0 Å². The summed E-state index contributed by atoms with van der Waals surface area (Å²) in [6, 6.07) is 7.91. The topological polar surface area (TPSA) is 57.9 Å². The molecule has 0 aliphatic heterocycles. The molecule has 1 aromatic carbocycles. The van der Waals surface area contributed by atoms with Gasteiger partial charge in [0.25, 0.3) is 0 Å². The highest BCUT2D eigenvalue weighted by Crippen LogP contribution is 2.33. The van der Waals surface area contributed by atoms with Crippen LogP contribution in [0.25, 0.3) is 0 Å². The van der Waals surface area contributed by atoms with Crippen LogP contribution < -0.4 is 0 Å². The molecule has 0 aromatic heterocycles. The van der Waals surface area contributed by atoms with Gasteiger partial charge in [-0.05, 0) is 36.8 Å². The Morgan fingerprint density at radius 2 is 1.86 bits per heavy atom. The third-order valence-corrected chi connectivity index (χ3v) is 3.67. The maximum Gasteiger partial charge on any atom is 0.137 e.